The van der Waals surface area contributed by atoms with Crippen LogP contribution in [0.4, 0.5) is 15.0 Å². The van der Waals surface area contributed by atoms with E-state index in [-0.39, 0.29) is 17.1 Å². The van der Waals surface area contributed by atoms with Crippen LogP contribution in [0.3, 0.4) is 0 Å². The Labute approximate surface area is 221 Å². The number of anilines is 1. The molecule has 0 fully saturated rings. The molecule has 2 amide bonds. The zero-order chi connectivity index (χ0) is 25.9. The number of nitrogens with two attached hydrogens (primary N) is 1. The molecule has 3 aromatic carbocycles. The van der Waals surface area contributed by atoms with Gasteiger partial charge in [0.05, 0.1) is 16.6 Å². The van der Waals surface area contributed by atoms with Gasteiger partial charge in [0.15, 0.2) is 5.82 Å². The Kier molecular flexibility index (Phi) is 6.98. The Hall–Kier alpha value is -4.08. The number of hydrogen-bond acceptors (Lipinski definition) is 4. The molecule has 1 unspecified atom stereocenters. The number of halogens is 3. The van der Waals surface area contributed by atoms with Crippen LogP contribution in [0.2, 0.25) is 10.2 Å². The van der Waals surface area contributed by atoms with Crippen molar-refractivity contribution in [3.8, 4) is 11.3 Å². The highest BCUT2D eigenvalue weighted by Gasteiger charge is 2.22. The van der Waals surface area contributed by atoms with Crippen LogP contribution >= 0.6 is 23.2 Å². The third-order valence-electron chi connectivity index (χ3n) is 5.93. The van der Waals surface area contributed by atoms with Gasteiger partial charge in [-0.05, 0) is 30.2 Å². The summed E-state index contributed by atoms with van der Waals surface area (Å²) in [5, 5.41) is 13.6. The van der Waals surface area contributed by atoms with E-state index in [1.807, 2.05) is 48.5 Å². The van der Waals surface area contributed by atoms with E-state index in [0.717, 1.165) is 22.0 Å². The number of nitrogens with zero attached hydrogens (tertiary/aromatic N) is 2. The first-order valence-electron chi connectivity index (χ1n) is 11.4. The molecule has 0 aliphatic heterocycles. The largest absolute Gasteiger partial charge is 0.382 e. The van der Waals surface area contributed by atoms with Crippen molar-refractivity contribution in [2.24, 2.45) is 0 Å². The molecule has 2 aromatic heterocycles. The number of fused-ring (bicyclic) bond motifs is 1. The zero-order valence-corrected chi connectivity index (χ0v) is 20.9. The van der Waals surface area contributed by atoms with Gasteiger partial charge in [-0.2, -0.15) is 5.10 Å². The van der Waals surface area contributed by atoms with Gasteiger partial charge in [0.25, 0.3) is 0 Å². The van der Waals surface area contributed by atoms with Crippen molar-refractivity contribution in [2.75, 3.05) is 5.73 Å². The number of amides is 2. The molecule has 0 spiro atoms. The summed E-state index contributed by atoms with van der Waals surface area (Å²) in [6.07, 6.45) is 0.444. The van der Waals surface area contributed by atoms with Gasteiger partial charge in [0, 0.05) is 23.1 Å². The molecule has 37 heavy (non-hydrogen) atoms. The van der Waals surface area contributed by atoms with Gasteiger partial charge in [-0.3, -0.25) is 5.10 Å². The number of urea groups is 1. The fourth-order valence-electron chi connectivity index (χ4n) is 4.05. The van der Waals surface area contributed by atoms with Gasteiger partial charge >= 0.3 is 6.03 Å². The zero-order valence-electron chi connectivity index (χ0n) is 19.4. The fraction of sp³-hybridized carbons (Fsp3) is 0.115. The first-order chi connectivity index (χ1) is 17.9. The number of hydrogen-bond donors (Lipinski definition) is 5. The molecule has 0 saturated carbocycles. The molecule has 0 aliphatic carbocycles. The number of carbonyl (C=O) groups excluding carboxylic acids is 1. The summed E-state index contributed by atoms with van der Waals surface area (Å²) in [5.74, 6) is 0.312. The summed E-state index contributed by atoms with van der Waals surface area (Å²) in [7, 11) is 0. The van der Waals surface area contributed by atoms with Gasteiger partial charge < -0.3 is 21.4 Å². The van der Waals surface area contributed by atoms with E-state index in [1.54, 1.807) is 12.1 Å². The van der Waals surface area contributed by atoms with E-state index in [9.17, 15) is 9.18 Å². The van der Waals surface area contributed by atoms with E-state index in [4.69, 9.17) is 33.9 Å². The van der Waals surface area contributed by atoms with E-state index in [1.165, 1.54) is 6.07 Å². The smallest absolute Gasteiger partial charge is 0.315 e. The lowest BCUT2D eigenvalue weighted by molar-refractivity contribution is 0.236. The van der Waals surface area contributed by atoms with E-state index >= 15 is 0 Å². The quantitative estimate of drug-likeness (QED) is 0.181. The molecule has 0 radical (unpaired) electrons. The molecule has 8 nitrogen and oxygen atoms in total. The molecule has 6 N–H and O–H groups in total. The second-order valence-electron chi connectivity index (χ2n) is 8.44. The Morgan fingerprint density at radius 3 is 2.70 bits per heavy atom. The average molecular weight is 538 g/mol. The highest BCUT2D eigenvalue weighted by Crippen LogP contribution is 2.31. The molecule has 0 saturated heterocycles. The first-order valence-corrected chi connectivity index (χ1v) is 12.1. The molecule has 0 aliphatic rings. The van der Waals surface area contributed by atoms with Crippen molar-refractivity contribution in [3.05, 3.63) is 99.7 Å². The van der Waals surface area contributed by atoms with Crippen molar-refractivity contribution >= 4 is 46.0 Å². The summed E-state index contributed by atoms with van der Waals surface area (Å²) in [6, 6.07) is 18.8. The van der Waals surface area contributed by atoms with Gasteiger partial charge in [-0.1, -0.05) is 71.7 Å². The van der Waals surface area contributed by atoms with Crippen LogP contribution in [0.1, 0.15) is 23.0 Å². The maximum atomic E-state index is 14.2. The number of rotatable bonds is 7. The lowest BCUT2D eigenvalue weighted by Gasteiger charge is -2.18. The maximum absolute atomic E-state index is 14.2. The van der Waals surface area contributed by atoms with Crippen molar-refractivity contribution in [2.45, 2.75) is 19.0 Å². The second-order valence-corrected chi connectivity index (χ2v) is 9.22. The lowest BCUT2D eigenvalue weighted by atomic mass is 10.1. The predicted molar refractivity (Wildman–Crippen MR) is 143 cm³/mol. The van der Waals surface area contributed by atoms with Crippen LogP contribution in [0.25, 0.3) is 22.2 Å². The summed E-state index contributed by atoms with van der Waals surface area (Å²) in [4.78, 5) is 20.6. The van der Waals surface area contributed by atoms with Gasteiger partial charge in [-0.25, -0.2) is 14.2 Å². The van der Waals surface area contributed by atoms with Crippen LogP contribution < -0.4 is 16.4 Å². The molecular weight excluding hydrogens is 516 g/mol. The number of H-pyrrole nitrogens is 2. The van der Waals surface area contributed by atoms with E-state index < -0.39 is 17.9 Å². The summed E-state index contributed by atoms with van der Waals surface area (Å²) in [5.41, 5.74) is 9.16. The SMILES string of the molecule is Nc1n[nH]c2cc(-c3nc(C(Cc4ccccc4)NC(=O)NCc4cccc(Cl)c4F)[nH]c3Cl)ccc12. The lowest BCUT2D eigenvalue weighted by Crippen LogP contribution is -2.39. The second kappa shape index (κ2) is 10.5. The third-order valence-corrected chi connectivity index (χ3v) is 6.50. The van der Waals surface area contributed by atoms with Crippen molar-refractivity contribution in [1.29, 1.82) is 0 Å². The van der Waals surface area contributed by atoms with Crippen LogP contribution in [0.15, 0.2) is 66.7 Å². The highest BCUT2D eigenvalue weighted by molar-refractivity contribution is 6.32. The van der Waals surface area contributed by atoms with Crippen LogP contribution in [-0.4, -0.2) is 26.2 Å². The van der Waals surface area contributed by atoms with Crippen molar-refractivity contribution < 1.29 is 9.18 Å². The average Bonchev–Trinajstić information content (AvgIpc) is 3.47. The molecule has 0 bridgehead atoms. The summed E-state index contributed by atoms with van der Waals surface area (Å²) >= 11 is 12.4. The molecular formula is C26H22Cl2FN7O. The van der Waals surface area contributed by atoms with Gasteiger partial charge in [0.2, 0.25) is 0 Å². The van der Waals surface area contributed by atoms with Crippen LogP contribution in [0, 0.1) is 5.82 Å². The van der Waals surface area contributed by atoms with Crippen molar-refractivity contribution in [3.63, 3.8) is 0 Å². The van der Waals surface area contributed by atoms with Gasteiger partial charge in [-0.15, -0.1) is 0 Å². The van der Waals surface area contributed by atoms with Crippen LogP contribution in [0.5, 0.6) is 0 Å². The molecule has 11 heteroatoms. The first kappa shape index (κ1) is 24.6. The minimum absolute atomic E-state index is 0.00424. The highest BCUT2D eigenvalue weighted by atomic mass is 35.5. The van der Waals surface area contributed by atoms with E-state index in [2.05, 4.69) is 25.8 Å². The van der Waals surface area contributed by atoms with E-state index in [0.29, 0.717) is 28.9 Å². The number of carbonyl (C=O) groups is 1. The van der Waals surface area contributed by atoms with Crippen molar-refractivity contribution in [1.82, 2.24) is 30.8 Å². The monoisotopic (exact) mass is 537 g/mol. The normalized spacial score (nSPS) is 12.0. The third kappa shape index (κ3) is 5.37. The number of aromatic amines is 2. The summed E-state index contributed by atoms with van der Waals surface area (Å²) in [6.45, 7) is -0.0340. The standard InChI is InChI=1S/C26H22Cl2FN7O/c27-18-8-4-7-16(21(18)29)13-31-26(37)32-20(11-14-5-2-1-3-6-14)25-33-22(23(28)34-25)15-9-10-17-19(12-15)35-36-24(17)30/h1-10,12,20H,11,13H2,(H,33,34)(H3,30,35,36)(H2,31,32,37). The molecule has 1 atom stereocenters. The number of nitrogens with one attached hydrogen (secondary N) is 4. The topological polar surface area (TPSA) is 125 Å². The fourth-order valence-corrected chi connectivity index (χ4v) is 4.49. The molecule has 2 heterocycles. The Balaban J connectivity index is 1.39. The number of aromatic nitrogens is 4. The van der Waals surface area contributed by atoms with Gasteiger partial charge in [0.1, 0.15) is 22.5 Å². The molecule has 188 valence electrons. The number of imidazole rings is 1. The minimum Gasteiger partial charge on any atom is -0.382 e. The molecule has 5 aromatic rings. The maximum Gasteiger partial charge on any atom is 0.315 e. The van der Waals surface area contributed by atoms with Crippen LogP contribution in [-0.2, 0) is 13.0 Å². The minimum atomic E-state index is -0.566. The molecule has 5 rings (SSSR count). The number of benzene rings is 3. The Morgan fingerprint density at radius 2 is 1.89 bits per heavy atom. The predicted octanol–water partition coefficient (Wildman–Crippen LogP) is 5.76. The summed E-state index contributed by atoms with van der Waals surface area (Å²) < 4.78 is 14.2. The number of nitrogen functional groups attached to an aromatic ring is 1. The Morgan fingerprint density at radius 1 is 1.08 bits per heavy atom. The Bertz CT molecular complexity index is 1570.